The van der Waals surface area contributed by atoms with Gasteiger partial charge in [-0.1, -0.05) is 23.2 Å². The van der Waals surface area contributed by atoms with Gasteiger partial charge in [0.05, 0.1) is 10.7 Å². The molecule has 0 unspecified atom stereocenters. The van der Waals surface area contributed by atoms with Crippen molar-refractivity contribution in [2.75, 3.05) is 17.2 Å². The molecule has 0 spiro atoms. The van der Waals surface area contributed by atoms with Crippen molar-refractivity contribution in [3.8, 4) is 0 Å². The third kappa shape index (κ3) is 7.85. The van der Waals surface area contributed by atoms with Crippen molar-refractivity contribution in [3.05, 3.63) is 58.1 Å². The summed E-state index contributed by atoms with van der Waals surface area (Å²) in [5.41, 5.74) is 1.43. The van der Waals surface area contributed by atoms with E-state index in [1.165, 1.54) is 19.1 Å². The van der Waals surface area contributed by atoms with E-state index in [9.17, 15) is 19.2 Å². The highest BCUT2D eigenvalue weighted by atomic mass is 35.5. The number of rotatable bonds is 9. The molecular weight excluding hydrogens is 431 g/mol. The van der Waals surface area contributed by atoms with Gasteiger partial charge in [-0.25, -0.2) is 0 Å². The predicted octanol–water partition coefficient (Wildman–Crippen LogP) is 4.49. The molecule has 7 nitrogen and oxygen atoms in total. The number of ketones is 1. The first-order chi connectivity index (χ1) is 14.2. The molecule has 0 aliphatic heterocycles. The molecule has 0 atom stereocenters. The van der Waals surface area contributed by atoms with Crippen molar-refractivity contribution in [1.29, 1.82) is 0 Å². The minimum atomic E-state index is -0.596. The van der Waals surface area contributed by atoms with Gasteiger partial charge in [0, 0.05) is 29.1 Å². The number of carbonyl (C=O) groups is 4. The average molecular weight is 451 g/mol. The molecule has 0 fully saturated rings. The maximum atomic E-state index is 11.9. The van der Waals surface area contributed by atoms with Crippen LogP contribution in [0.15, 0.2) is 42.5 Å². The largest absolute Gasteiger partial charge is 0.456 e. The number of esters is 1. The van der Waals surface area contributed by atoms with Gasteiger partial charge in [-0.15, -0.1) is 0 Å². The molecule has 2 aromatic carbocycles. The molecule has 0 saturated carbocycles. The van der Waals surface area contributed by atoms with Gasteiger partial charge >= 0.3 is 5.97 Å². The van der Waals surface area contributed by atoms with Crippen LogP contribution >= 0.6 is 23.2 Å². The Hall–Kier alpha value is -2.90. The summed E-state index contributed by atoms with van der Waals surface area (Å²) in [6.07, 6.45) is 0.355. The molecule has 2 rings (SSSR count). The lowest BCUT2D eigenvalue weighted by molar-refractivity contribution is -0.147. The summed E-state index contributed by atoms with van der Waals surface area (Å²) in [5, 5.41) is 5.89. The van der Waals surface area contributed by atoms with Crippen LogP contribution in [-0.2, 0) is 19.1 Å². The summed E-state index contributed by atoms with van der Waals surface area (Å²) in [5.74, 6) is -1.48. The van der Waals surface area contributed by atoms with E-state index in [4.69, 9.17) is 27.9 Å². The van der Waals surface area contributed by atoms with Crippen molar-refractivity contribution >= 4 is 58.1 Å². The van der Waals surface area contributed by atoms with E-state index in [0.717, 1.165) is 0 Å². The second kappa shape index (κ2) is 11.3. The van der Waals surface area contributed by atoms with Gasteiger partial charge < -0.3 is 15.4 Å². The standard InChI is InChI=1S/C21H20Cl2N2O5/c1-13(26)14-5-8-16(9-6-14)24-19(27)3-2-4-21(29)30-12-20(28)25-18-11-15(22)7-10-17(18)23/h5-11H,2-4,12H2,1H3,(H,24,27)(H,25,28). The lowest BCUT2D eigenvalue weighted by Gasteiger charge is -2.09. The number of hydrogen-bond acceptors (Lipinski definition) is 5. The SMILES string of the molecule is CC(=O)c1ccc(NC(=O)CCCC(=O)OCC(=O)Nc2cc(Cl)ccc2Cl)cc1. The molecule has 9 heteroatoms. The van der Waals surface area contributed by atoms with Crippen LogP contribution in [0.5, 0.6) is 0 Å². The van der Waals surface area contributed by atoms with Gasteiger partial charge in [0.1, 0.15) is 0 Å². The molecule has 2 N–H and O–H groups in total. The first kappa shape index (κ1) is 23.4. The predicted molar refractivity (Wildman–Crippen MR) is 115 cm³/mol. The number of ether oxygens (including phenoxy) is 1. The van der Waals surface area contributed by atoms with Crippen LogP contribution < -0.4 is 10.6 Å². The second-order valence-corrected chi connectivity index (χ2v) is 7.21. The Labute approximate surface area is 183 Å². The van der Waals surface area contributed by atoms with Crippen LogP contribution in [0.25, 0.3) is 0 Å². The molecule has 0 heterocycles. The van der Waals surface area contributed by atoms with Crippen molar-refractivity contribution in [3.63, 3.8) is 0 Å². The molecular formula is C21H20Cl2N2O5. The van der Waals surface area contributed by atoms with E-state index < -0.39 is 18.5 Å². The number of halogens is 2. The molecule has 0 bridgehead atoms. The maximum absolute atomic E-state index is 11.9. The summed E-state index contributed by atoms with van der Waals surface area (Å²) >= 11 is 11.8. The van der Waals surface area contributed by atoms with E-state index in [1.807, 2.05) is 0 Å². The van der Waals surface area contributed by atoms with Crippen LogP contribution in [0, 0.1) is 0 Å². The summed E-state index contributed by atoms with van der Waals surface area (Å²) in [6.45, 7) is 0.985. The fourth-order valence-corrected chi connectivity index (χ4v) is 2.74. The van der Waals surface area contributed by atoms with E-state index in [-0.39, 0.29) is 31.0 Å². The molecule has 0 aromatic heterocycles. The van der Waals surface area contributed by atoms with Gasteiger partial charge in [0.25, 0.3) is 5.91 Å². The monoisotopic (exact) mass is 450 g/mol. The minimum absolute atomic E-state index is 0.0120. The zero-order chi connectivity index (χ0) is 22.1. The minimum Gasteiger partial charge on any atom is -0.456 e. The van der Waals surface area contributed by atoms with Crippen LogP contribution in [0.4, 0.5) is 11.4 Å². The first-order valence-electron chi connectivity index (χ1n) is 9.06. The number of nitrogens with one attached hydrogen (secondary N) is 2. The summed E-state index contributed by atoms with van der Waals surface area (Å²) in [7, 11) is 0. The molecule has 0 aliphatic carbocycles. The average Bonchev–Trinajstić information content (AvgIpc) is 2.69. The van der Waals surface area contributed by atoms with Crippen molar-refractivity contribution < 1.29 is 23.9 Å². The number of Topliss-reactive ketones (excluding diaryl/α,β-unsaturated/α-hetero) is 1. The van der Waals surface area contributed by atoms with Gasteiger partial charge in [0.15, 0.2) is 12.4 Å². The fourth-order valence-electron chi connectivity index (χ4n) is 2.40. The zero-order valence-electron chi connectivity index (χ0n) is 16.2. The number of anilines is 2. The van der Waals surface area contributed by atoms with Gasteiger partial charge in [0.2, 0.25) is 5.91 Å². The Balaban J connectivity index is 1.66. The van der Waals surface area contributed by atoms with Gasteiger partial charge in [-0.05, 0) is 55.8 Å². The molecule has 2 amide bonds. The first-order valence-corrected chi connectivity index (χ1v) is 9.81. The fraction of sp³-hybridized carbons (Fsp3) is 0.238. The molecule has 30 heavy (non-hydrogen) atoms. The normalized spacial score (nSPS) is 10.2. The van der Waals surface area contributed by atoms with Gasteiger partial charge in [-0.2, -0.15) is 0 Å². The van der Waals surface area contributed by atoms with E-state index in [0.29, 0.717) is 27.0 Å². The quantitative estimate of drug-likeness (QED) is 0.432. The van der Waals surface area contributed by atoms with Crippen LogP contribution in [0.3, 0.4) is 0 Å². The summed E-state index contributed by atoms with van der Waals surface area (Å²) in [6, 6.07) is 11.1. The molecule has 0 radical (unpaired) electrons. The summed E-state index contributed by atoms with van der Waals surface area (Å²) < 4.78 is 4.89. The Morgan fingerprint density at radius 3 is 2.27 bits per heavy atom. The number of amides is 2. The molecule has 158 valence electrons. The van der Waals surface area contributed by atoms with Crippen LogP contribution in [0.2, 0.25) is 10.0 Å². The Morgan fingerprint density at radius 2 is 1.60 bits per heavy atom. The number of hydrogen-bond donors (Lipinski definition) is 2. The maximum Gasteiger partial charge on any atom is 0.306 e. The van der Waals surface area contributed by atoms with Crippen molar-refractivity contribution in [2.45, 2.75) is 26.2 Å². The van der Waals surface area contributed by atoms with Crippen LogP contribution in [0.1, 0.15) is 36.5 Å². The van der Waals surface area contributed by atoms with Gasteiger partial charge in [-0.3, -0.25) is 19.2 Å². The zero-order valence-corrected chi connectivity index (χ0v) is 17.7. The van der Waals surface area contributed by atoms with Crippen LogP contribution in [-0.4, -0.2) is 30.2 Å². The summed E-state index contributed by atoms with van der Waals surface area (Å²) in [4.78, 5) is 46.8. The smallest absolute Gasteiger partial charge is 0.306 e. The van der Waals surface area contributed by atoms with E-state index >= 15 is 0 Å². The molecule has 0 saturated heterocycles. The highest BCUT2D eigenvalue weighted by Gasteiger charge is 2.11. The van der Waals surface area contributed by atoms with Crippen molar-refractivity contribution in [2.24, 2.45) is 0 Å². The lowest BCUT2D eigenvalue weighted by atomic mass is 10.1. The molecule has 0 aliphatic rings. The lowest BCUT2D eigenvalue weighted by Crippen LogP contribution is -2.21. The third-order valence-corrected chi connectivity index (χ3v) is 4.49. The Kier molecular flexibility index (Phi) is 8.83. The molecule has 2 aromatic rings. The highest BCUT2D eigenvalue weighted by Crippen LogP contribution is 2.25. The van der Waals surface area contributed by atoms with E-state index in [1.54, 1.807) is 30.3 Å². The van der Waals surface area contributed by atoms with Crippen molar-refractivity contribution in [1.82, 2.24) is 0 Å². The Morgan fingerprint density at radius 1 is 0.900 bits per heavy atom. The number of benzene rings is 2. The van der Waals surface area contributed by atoms with E-state index in [2.05, 4.69) is 10.6 Å². The number of carbonyl (C=O) groups excluding carboxylic acids is 4. The Bertz CT molecular complexity index is 945. The third-order valence-electron chi connectivity index (χ3n) is 3.93. The topological polar surface area (TPSA) is 102 Å². The second-order valence-electron chi connectivity index (χ2n) is 6.37. The highest BCUT2D eigenvalue weighted by molar-refractivity contribution is 6.35.